The van der Waals surface area contributed by atoms with Gasteiger partial charge >= 0.3 is 6.03 Å². The molecule has 3 aromatic rings. The summed E-state index contributed by atoms with van der Waals surface area (Å²) in [5.74, 6) is 1.93. The maximum absolute atomic E-state index is 14.2. The van der Waals surface area contributed by atoms with E-state index in [-0.39, 0.29) is 23.2 Å². The number of para-hydroxylation sites is 1. The van der Waals surface area contributed by atoms with Crippen LogP contribution in [-0.4, -0.2) is 43.6 Å². The highest BCUT2D eigenvalue weighted by atomic mass is 28.4. The summed E-state index contributed by atoms with van der Waals surface area (Å²) in [4.78, 5) is 27.4. The van der Waals surface area contributed by atoms with Crippen molar-refractivity contribution in [3.63, 3.8) is 0 Å². The zero-order chi connectivity index (χ0) is 32.6. The van der Waals surface area contributed by atoms with Crippen LogP contribution in [-0.2, 0) is 11.0 Å². The predicted octanol–water partition coefficient (Wildman–Crippen LogP) is 9.70. The first-order valence-electron chi connectivity index (χ1n) is 16.6. The van der Waals surface area contributed by atoms with Gasteiger partial charge in [-0.1, -0.05) is 72.1 Å². The zero-order valence-corrected chi connectivity index (χ0v) is 29.6. The summed E-state index contributed by atoms with van der Waals surface area (Å²) in [5.41, 5.74) is 2.65. The van der Waals surface area contributed by atoms with Crippen LogP contribution in [0.5, 0.6) is 5.75 Å². The highest BCUT2D eigenvalue weighted by Gasteiger charge is 2.42. The minimum atomic E-state index is -1.86. The number of urea groups is 1. The quantitative estimate of drug-likeness (QED) is 0.237. The Morgan fingerprint density at radius 2 is 1.60 bits per heavy atom. The van der Waals surface area contributed by atoms with E-state index in [1.165, 1.54) is 19.3 Å². The monoisotopic (exact) mass is 631 g/mol. The summed E-state index contributed by atoms with van der Waals surface area (Å²) >= 11 is 0. The van der Waals surface area contributed by atoms with Crippen LogP contribution in [0.2, 0.25) is 18.1 Å². The normalized spacial score (nSPS) is 18.5. The van der Waals surface area contributed by atoms with Gasteiger partial charge in [-0.2, -0.15) is 4.98 Å². The Labute approximate surface area is 271 Å². The number of unbranched alkanes of at least 4 members (excludes halogenated alkanes) is 2. The Balaban J connectivity index is 0.000000854. The Bertz CT molecular complexity index is 1370. The molecule has 1 aromatic heterocycles. The molecule has 244 valence electrons. The fourth-order valence-electron chi connectivity index (χ4n) is 5.55. The molecule has 5 rings (SSSR count). The highest BCUT2D eigenvalue weighted by molar-refractivity contribution is 6.74. The van der Waals surface area contributed by atoms with E-state index in [4.69, 9.17) is 14.1 Å². The maximum atomic E-state index is 14.2. The van der Waals surface area contributed by atoms with Gasteiger partial charge in [0.1, 0.15) is 11.6 Å². The molecule has 1 N–H and O–H groups in total. The van der Waals surface area contributed by atoms with Gasteiger partial charge in [0.05, 0.1) is 13.7 Å². The fraction of sp³-hybridized carbons (Fsp3) is 0.528. The molecule has 9 heteroatoms. The minimum Gasteiger partial charge on any atom is -0.497 e. The summed E-state index contributed by atoms with van der Waals surface area (Å²) in [5, 5.41) is 3.46. The third-order valence-corrected chi connectivity index (χ3v) is 13.8. The minimum absolute atomic E-state index is 0.0334. The Kier molecular flexibility index (Phi) is 11.7. The molecule has 1 saturated carbocycles. The average Bonchev–Trinajstić information content (AvgIpc) is 3.02. The Morgan fingerprint density at radius 1 is 0.956 bits per heavy atom. The number of nitrogens with one attached hydrogen (secondary N) is 1. The maximum Gasteiger partial charge on any atom is 0.330 e. The van der Waals surface area contributed by atoms with Gasteiger partial charge in [0.2, 0.25) is 5.95 Å². The van der Waals surface area contributed by atoms with Gasteiger partial charge in [-0.3, -0.25) is 9.80 Å². The molecule has 1 aliphatic heterocycles. The molecule has 0 bridgehead atoms. The van der Waals surface area contributed by atoms with Crippen molar-refractivity contribution >= 4 is 37.5 Å². The second-order valence-electron chi connectivity index (χ2n) is 13.6. The number of anilines is 4. The molecule has 2 aromatic carbocycles. The number of methoxy groups -OCH3 is 1. The summed E-state index contributed by atoms with van der Waals surface area (Å²) in [6.07, 6.45) is 9.74. The smallest absolute Gasteiger partial charge is 0.330 e. The molecule has 2 heterocycles. The Morgan fingerprint density at radius 3 is 2.16 bits per heavy atom. The summed E-state index contributed by atoms with van der Waals surface area (Å²) in [7, 11) is -0.219. The van der Waals surface area contributed by atoms with Gasteiger partial charge in [-0.25, -0.2) is 9.78 Å². The molecular formula is C36H53N5O3Si. The molecule has 2 aliphatic rings. The lowest BCUT2D eigenvalue weighted by atomic mass is 9.91. The number of rotatable bonds is 9. The largest absolute Gasteiger partial charge is 0.497 e. The second-order valence-corrected chi connectivity index (χ2v) is 18.4. The number of amides is 2. The summed E-state index contributed by atoms with van der Waals surface area (Å²) in [6, 6.07) is 17.4. The molecule has 0 atom stereocenters. The van der Waals surface area contributed by atoms with Crippen molar-refractivity contribution in [2.75, 3.05) is 22.2 Å². The van der Waals surface area contributed by atoms with E-state index in [2.05, 4.69) is 58.0 Å². The lowest BCUT2D eigenvalue weighted by molar-refractivity contribution is 0.129. The third-order valence-electron chi connectivity index (χ3n) is 9.23. The van der Waals surface area contributed by atoms with Crippen molar-refractivity contribution in [3.8, 4) is 5.75 Å². The zero-order valence-electron chi connectivity index (χ0n) is 28.6. The van der Waals surface area contributed by atoms with E-state index in [0.717, 1.165) is 48.4 Å². The number of nitrogens with zero attached hydrogens (tertiary/aromatic N) is 4. The van der Waals surface area contributed by atoms with Crippen molar-refractivity contribution in [2.45, 2.75) is 116 Å². The third kappa shape index (κ3) is 8.64. The molecule has 0 saturated heterocycles. The number of carbonyl (C=O) groups is 1. The summed E-state index contributed by atoms with van der Waals surface area (Å²) in [6.45, 7) is 16.3. The molecule has 0 spiro atoms. The molecule has 0 radical (unpaired) electrons. The number of benzene rings is 2. The van der Waals surface area contributed by atoms with Crippen LogP contribution in [0.3, 0.4) is 0 Å². The van der Waals surface area contributed by atoms with Crippen molar-refractivity contribution in [3.05, 3.63) is 66.4 Å². The first kappa shape index (κ1) is 34.4. The van der Waals surface area contributed by atoms with Crippen molar-refractivity contribution in [2.24, 2.45) is 0 Å². The number of carbonyl (C=O) groups excluding carboxylic acids is 1. The lowest BCUT2D eigenvalue weighted by Gasteiger charge is -2.44. The van der Waals surface area contributed by atoms with E-state index in [1.54, 1.807) is 7.11 Å². The van der Waals surface area contributed by atoms with Crippen molar-refractivity contribution in [1.29, 1.82) is 0 Å². The second kappa shape index (κ2) is 15.2. The standard InChI is InChI=1S/C31H41N5O3Si.C5H12/c1-31(2,3)40(5,6)39-27-18-14-25(15-19-27)36-28-22(20-32-29(34-28)33-23-10-8-7-9-11-23)21-35(30(36)37)24-12-16-26(38-4)17-13-24;1-3-5-4-2/h7-13,16-17,20,25,27H,14-15,18-19,21H2,1-6H3,(H,32,33,34);3-5H2,1-2H3. The van der Waals surface area contributed by atoms with Gasteiger partial charge in [0, 0.05) is 35.3 Å². The van der Waals surface area contributed by atoms with Crippen molar-refractivity contribution in [1.82, 2.24) is 9.97 Å². The number of hydrogen-bond acceptors (Lipinski definition) is 6. The van der Waals surface area contributed by atoms with Crippen LogP contribution < -0.4 is 19.9 Å². The number of aromatic nitrogens is 2. The predicted molar refractivity (Wildman–Crippen MR) is 188 cm³/mol. The van der Waals surface area contributed by atoms with Crippen LogP contribution in [0, 0.1) is 0 Å². The first-order valence-corrected chi connectivity index (χ1v) is 19.5. The van der Waals surface area contributed by atoms with Crippen LogP contribution in [0.4, 0.5) is 27.9 Å². The van der Waals surface area contributed by atoms with Crippen LogP contribution in [0.15, 0.2) is 60.8 Å². The first-order chi connectivity index (χ1) is 21.5. The van der Waals surface area contributed by atoms with E-state index >= 15 is 0 Å². The fourth-order valence-corrected chi connectivity index (χ4v) is 6.97. The molecule has 2 amide bonds. The van der Waals surface area contributed by atoms with E-state index in [9.17, 15) is 4.79 Å². The van der Waals surface area contributed by atoms with E-state index in [0.29, 0.717) is 18.3 Å². The van der Waals surface area contributed by atoms with Crippen LogP contribution in [0.1, 0.15) is 85.1 Å². The summed E-state index contributed by atoms with van der Waals surface area (Å²) < 4.78 is 12.1. The number of hydrogen-bond donors (Lipinski definition) is 1. The average molecular weight is 632 g/mol. The number of ether oxygens (including phenoxy) is 1. The van der Waals surface area contributed by atoms with Gasteiger partial charge in [0.15, 0.2) is 8.32 Å². The van der Waals surface area contributed by atoms with Gasteiger partial charge < -0.3 is 14.5 Å². The lowest BCUT2D eigenvalue weighted by Crippen LogP contribution is -2.54. The molecule has 8 nitrogen and oxygen atoms in total. The molecule has 1 fully saturated rings. The van der Waals surface area contributed by atoms with Crippen molar-refractivity contribution < 1.29 is 14.0 Å². The van der Waals surface area contributed by atoms with E-state index in [1.807, 2.05) is 70.6 Å². The van der Waals surface area contributed by atoms with Gasteiger partial charge in [-0.05, 0) is 80.2 Å². The molecule has 0 unspecified atom stereocenters. The SMILES string of the molecule is CCCCC.COc1ccc(N2Cc3cnc(Nc4ccccc4)nc3N(C3CCC(O[Si](C)(C)C(C)(C)C)CC3)C2=O)cc1. The highest BCUT2D eigenvalue weighted by Crippen LogP contribution is 2.41. The van der Waals surface area contributed by atoms with Crippen LogP contribution >= 0.6 is 0 Å². The molecule has 45 heavy (non-hydrogen) atoms. The topological polar surface area (TPSA) is 79.8 Å². The van der Waals surface area contributed by atoms with Gasteiger partial charge in [0.25, 0.3) is 0 Å². The number of fused-ring (bicyclic) bond motifs is 1. The molecular weight excluding hydrogens is 579 g/mol. The molecule has 1 aliphatic carbocycles. The Hall–Kier alpha value is -3.43. The van der Waals surface area contributed by atoms with E-state index < -0.39 is 8.32 Å². The van der Waals surface area contributed by atoms with Gasteiger partial charge in [-0.15, -0.1) is 0 Å². The van der Waals surface area contributed by atoms with Crippen LogP contribution in [0.25, 0.3) is 0 Å².